The first-order chi connectivity index (χ1) is 9.24. The summed E-state index contributed by atoms with van der Waals surface area (Å²) in [6.45, 7) is 5.51. The number of methoxy groups -OCH3 is 1. The maximum atomic E-state index is 5.50. The Kier molecular flexibility index (Phi) is 4.58. The smallest absolute Gasteiger partial charge is 0.133 e. The summed E-state index contributed by atoms with van der Waals surface area (Å²) in [6.07, 6.45) is 1.97. The topological polar surface area (TPSA) is 43.4 Å². The van der Waals surface area contributed by atoms with Crippen molar-refractivity contribution >= 4 is 16.6 Å². The van der Waals surface area contributed by atoms with Crippen molar-refractivity contribution in [2.75, 3.05) is 25.6 Å². The number of fused-ring (bicyclic) bond motifs is 1. The average molecular weight is 260 g/mol. The molecule has 2 aromatic rings. The fourth-order valence-electron chi connectivity index (χ4n) is 2.01. The Morgan fingerprint density at radius 1 is 1.32 bits per heavy atom. The van der Waals surface area contributed by atoms with Crippen molar-refractivity contribution < 1.29 is 9.47 Å². The number of ether oxygens (including phenoxy) is 2. The van der Waals surface area contributed by atoms with Gasteiger partial charge in [0.05, 0.1) is 13.2 Å². The van der Waals surface area contributed by atoms with Gasteiger partial charge in [0.2, 0.25) is 0 Å². The lowest BCUT2D eigenvalue weighted by Gasteiger charge is -2.14. The van der Waals surface area contributed by atoms with Crippen LogP contribution in [0.5, 0.6) is 5.75 Å². The molecule has 0 bridgehead atoms. The summed E-state index contributed by atoms with van der Waals surface area (Å²) < 4.78 is 10.7. The molecule has 0 fully saturated rings. The van der Waals surface area contributed by atoms with E-state index in [2.05, 4.69) is 10.3 Å². The minimum Gasteiger partial charge on any atom is -0.497 e. The monoisotopic (exact) mass is 260 g/mol. The highest BCUT2D eigenvalue weighted by Gasteiger charge is 2.05. The third kappa shape index (κ3) is 3.35. The number of benzene rings is 1. The van der Waals surface area contributed by atoms with Gasteiger partial charge in [-0.3, -0.25) is 0 Å². The maximum absolute atomic E-state index is 5.50. The fraction of sp³-hybridized carbons (Fsp3) is 0.400. The van der Waals surface area contributed by atoms with E-state index in [4.69, 9.17) is 9.47 Å². The van der Waals surface area contributed by atoms with E-state index in [0.717, 1.165) is 35.5 Å². The molecule has 0 aliphatic rings. The molecule has 0 aliphatic heterocycles. The molecule has 19 heavy (non-hydrogen) atoms. The quantitative estimate of drug-likeness (QED) is 0.866. The lowest BCUT2D eigenvalue weighted by Crippen LogP contribution is -2.20. The molecular weight excluding hydrogens is 240 g/mol. The van der Waals surface area contributed by atoms with E-state index in [-0.39, 0.29) is 6.10 Å². The molecule has 0 spiro atoms. The molecule has 0 radical (unpaired) electrons. The first kappa shape index (κ1) is 13.6. The highest BCUT2D eigenvalue weighted by Crippen LogP contribution is 2.25. The summed E-state index contributed by atoms with van der Waals surface area (Å²) in [7, 11) is 1.67. The lowest BCUT2D eigenvalue weighted by molar-refractivity contribution is 0.0855. The Morgan fingerprint density at radius 2 is 2.16 bits per heavy atom. The minimum absolute atomic E-state index is 0.167. The Labute approximate surface area is 113 Å². The van der Waals surface area contributed by atoms with Gasteiger partial charge in [0.15, 0.2) is 0 Å². The van der Waals surface area contributed by atoms with Gasteiger partial charge in [0.25, 0.3) is 0 Å². The van der Waals surface area contributed by atoms with Gasteiger partial charge in [-0.2, -0.15) is 0 Å². The van der Waals surface area contributed by atoms with Crippen molar-refractivity contribution in [3.8, 4) is 5.75 Å². The zero-order valence-electron chi connectivity index (χ0n) is 11.6. The molecule has 1 aromatic carbocycles. The Morgan fingerprint density at radius 3 is 2.89 bits per heavy atom. The molecule has 0 amide bonds. The second-order valence-corrected chi connectivity index (χ2v) is 4.39. The first-order valence-electron chi connectivity index (χ1n) is 6.52. The molecule has 1 aromatic heterocycles. The number of nitrogens with zero attached hydrogens (tertiary/aromatic N) is 1. The highest BCUT2D eigenvalue weighted by molar-refractivity contribution is 5.92. The fourth-order valence-corrected chi connectivity index (χ4v) is 2.01. The van der Waals surface area contributed by atoms with Crippen molar-refractivity contribution in [2.24, 2.45) is 0 Å². The van der Waals surface area contributed by atoms with Gasteiger partial charge in [-0.1, -0.05) is 0 Å². The van der Waals surface area contributed by atoms with Gasteiger partial charge in [-0.05, 0) is 43.5 Å². The van der Waals surface area contributed by atoms with Gasteiger partial charge >= 0.3 is 0 Å². The molecular formula is C15H20N2O2. The van der Waals surface area contributed by atoms with Crippen LogP contribution in [0.15, 0.2) is 30.5 Å². The van der Waals surface area contributed by atoms with E-state index in [1.165, 1.54) is 0 Å². The number of rotatable bonds is 6. The molecule has 4 nitrogen and oxygen atoms in total. The minimum atomic E-state index is 0.167. The third-order valence-electron chi connectivity index (χ3n) is 2.98. The van der Waals surface area contributed by atoms with E-state index < -0.39 is 0 Å². The molecule has 102 valence electrons. The molecule has 1 heterocycles. The van der Waals surface area contributed by atoms with Crippen molar-refractivity contribution in [3.05, 3.63) is 30.5 Å². The van der Waals surface area contributed by atoms with Gasteiger partial charge in [-0.25, -0.2) is 4.98 Å². The Balaban J connectivity index is 2.19. The summed E-state index contributed by atoms with van der Waals surface area (Å²) in [4.78, 5) is 4.39. The van der Waals surface area contributed by atoms with Gasteiger partial charge < -0.3 is 14.8 Å². The van der Waals surface area contributed by atoms with Crippen molar-refractivity contribution in [1.82, 2.24) is 4.98 Å². The van der Waals surface area contributed by atoms with Gasteiger partial charge in [0.1, 0.15) is 11.6 Å². The number of anilines is 1. The molecule has 1 atom stereocenters. The standard InChI is InChI=1S/C15H20N2O2/c1-4-19-11(2)10-17-15-14-6-5-13(18-3)9-12(14)7-8-16-15/h5-9,11H,4,10H2,1-3H3,(H,16,17). The zero-order valence-corrected chi connectivity index (χ0v) is 11.6. The summed E-state index contributed by atoms with van der Waals surface area (Å²) in [5.41, 5.74) is 0. The van der Waals surface area contributed by atoms with Crippen LogP contribution in [0.1, 0.15) is 13.8 Å². The van der Waals surface area contributed by atoms with Crippen LogP contribution in [0.4, 0.5) is 5.82 Å². The van der Waals surface area contributed by atoms with Crippen molar-refractivity contribution in [3.63, 3.8) is 0 Å². The Hall–Kier alpha value is -1.81. The second kappa shape index (κ2) is 6.38. The van der Waals surface area contributed by atoms with Gasteiger partial charge in [0, 0.05) is 24.7 Å². The van der Waals surface area contributed by atoms with Crippen molar-refractivity contribution in [1.29, 1.82) is 0 Å². The molecule has 1 N–H and O–H groups in total. The van der Waals surface area contributed by atoms with Crippen LogP contribution in [0.25, 0.3) is 10.8 Å². The number of hydrogen-bond donors (Lipinski definition) is 1. The summed E-state index contributed by atoms with van der Waals surface area (Å²) in [5, 5.41) is 5.53. The molecule has 4 heteroatoms. The zero-order chi connectivity index (χ0) is 13.7. The van der Waals surface area contributed by atoms with E-state index in [1.807, 2.05) is 38.1 Å². The van der Waals surface area contributed by atoms with Crippen LogP contribution >= 0.6 is 0 Å². The highest BCUT2D eigenvalue weighted by atomic mass is 16.5. The largest absolute Gasteiger partial charge is 0.497 e. The number of nitrogens with one attached hydrogen (secondary N) is 1. The van der Waals surface area contributed by atoms with Crippen LogP contribution in [0.2, 0.25) is 0 Å². The van der Waals surface area contributed by atoms with E-state index >= 15 is 0 Å². The normalized spacial score (nSPS) is 12.4. The van der Waals surface area contributed by atoms with Crippen molar-refractivity contribution in [2.45, 2.75) is 20.0 Å². The average Bonchev–Trinajstić information content (AvgIpc) is 2.44. The van der Waals surface area contributed by atoms with Crippen LogP contribution < -0.4 is 10.1 Å². The second-order valence-electron chi connectivity index (χ2n) is 4.39. The van der Waals surface area contributed by atoms with Crippen LogP contribution in [0, 0.1) is 0 Å². The molecule has 0 aliphatic carbocycles. The predicted octanol–water partition coefficient (Wildman–Crippen LogP) is 3.08. The number of aromatic nitrogens is 1. The first-order valence-corrected chi connectivity index (χ1v) is 6.52. The molecule has 2 rings (SSSR count). The molecule has 0 saturated carbocycles. The lowest BCUT2D eigenvalue weighted by atomic mass is 10.1. The summed E-state index contributed by atoms with van der Waals surface area (Å²) in [6, 6.07) is 7.96. The summed E-state index contributed by atoms with van der Waals surface area (Å²) in [5.74, 6) is 1.74. The van der Waals surface area contributed by atoms with Crippen LogP contribution in [-0.2, 0) is 4.74 Å². The van der Waals surface area contributed by atoms with Crippen LogP contribution in [-0.4, -0.2) is 31.3 Å². The SMILES string of the molecule is CCOC(C)CNc1nccc2cc(OC)ccc12. The molecule has 1 unspecified atom stereocenters. The summed E-state index contributed by atoms with van der Waals surface area (Å²) >= 11 is 0. The Bertz CT molecular complexity index is 543. The third-order valence-corrected chi connectivity index (χ3v) is 2.98. The molecule has 0 saturated heterocycles. The van der Waals surface area contributed by atoms with Gasteiger partial charge in [-0.15, -0.1) is 0 Å². The number of pyridine rings is 1. The predicted molar refractivity (Wildman–Crippen MR) is 77.9 cm³/mol. The van der Waals surface area contributed by atoms with E-state index in [0.29, 0.717) is 0 Å². The number of hydrogen-bond acceptors (Lipinski definition) is 4. The van der Waals surface area contributed by atoms with Crippen LogP contribution in [0.3, 0.4) is 0 Å². The van der Waals surface area contributed by atoms with E-state index in [9.17, 15) is 0 Å². The van der Waals surface area contributed by atoms with E-state index in [1.54, 1.807) is 13.3 Å². The maximum Gasteiger partial charge on any atom is 0.133 e.